The molecule has 0 aliphatic carbocycles. The van der Waals surface area contributed by atoms with E-state index in [2.05, 4.69) is 0 Å². The van der Waals surface area contributed by atoms with Crippen molar-refractivity contribution in [3.8, 4) is 34.1 Å². The van der Waals surface area contributed by atoms with Crippen LogP contribution in [0, 0.1) is 13.8 Å². The van der Waals surface area contributed by atoms with Gasteiger partial charge in [0.2, 0.25) is 12.6 Å². The summed E-state index contributed by atoms with van der Waals surface area (Å²) in [6, 6.07) is 7.01. The zero-order valence-corrected chi connectivity index (χ0v) is 32.7. The summed E-state index contributed by atoms with van der Waals surface area (Å²) < 4.78 is 23.0. The molecule has 0 saturated carbocycles. The zero-order valence-electron chi connectivity index (χ0n) is 32.7. The third kappa shape index (κ3) is 7.17. The molecular weight excluding hydrogens is 760 g/mol. The van der Waals surface area contributed by atoms with Gasteiger partial charge < -0.3 is 70.0 Å². The molecule has 0 aromatic heterocycles. The molecule has 2 aliphatic rings. The Bertz CT molecular complexity index is 2210. The molecule has 2 fully saturated rings. The van der Waals surface area contributed by atoms with Gasteiger partial charge in [-0.3, -0.25) is 9.59 Å². The SMILES string of the molecule is Cc1cc2c(C(C)C)c(O)c(O[C@@H]3O[C@H](CO)[C@@H](O)[C@H](O)[C@H]3O)c(C=O)c2cc1-c1cc2c(C=O)c(O)c(O[C@@H]3O[C@H](CO)[C@@H](O)[C@H](O)[C@H]3O)c(C(C)C)c2cc1C. The molecule has 16 heteroatoms. The van der Waals surface area contributed by atoms with Gasteiger partial charge in [-0.25, -0.2) is 0 Å². The van der Waals surface area contributed by atoms with Crippen molar-refractivity contribution in [2.24, 2.45) is 0 Å². The Morgan fingerprint density at radius 1 is 0.569 bits per heavy atom. The van der Waals surface area contributed by atoms with E-state index in [1.165, 1.54) is 0 Å². The molecule has 10 atom stereocenters. The van der Waals surface area contributed by atoms with Crippen LogP contribution in [0.4, 0.5) is 0 Å². The van der Waals surface area contributed by atoms with Crippen LogP contribution in [-0.2, 0) is 9.47 Å². The zero-order chi connectivity index (χ0) is 42.7. The average molecular weight is 811 g/mol. The minimum Gasteiger partial charge on any atom is -0.504 e. The van der Waals surface area contributed by atoms with Crippen LogP contribution in [0.3, 0.4) is 0 Å². The molecule has 58 heavy (non-hydrogen) atoms. The van der Waals surface area contributed by atoms with Crippen molar-refractivity contribution in [2.75, 3.05) is 13.2 Å². The monoisotopic (exact) mass is 810 g/mol. The molecule has 0 unspecified atom stereocenters. The van der Waals surface area contributed by atoms with Crippen LogP contribution in [0.1, 0.15) is 82.5 Å². The van der Waals surface area contributed by atoms with Gasteiger partial charge in [0.25, 0.3) is 0 Å². The number of phenolic OH excluding ortho intramolecular Hbond substituents is 2. The van der Waals surface area contributed by atoms with Crippen molar-refractivity contribution in [2.45, 2.75) is 115 Å². The quantitative estimate of drug-likeness (QED) is 0.0970. The van der Waals surface area contributed by atoms with Crippen LogP contribution in [-0.4, -0.2) is 138 Å². The Hall–Kier alpha value is -4.46. The second-order valence-electron chi connectivity index (χ2n) is 15.6. The highest BCUT2D eigenvalue weighted by atomic mass is 16.7. The van der Waals surface area contributed by atoms with Gasteiger partial charge in [0, 0.05) is 11.1 Å². The lowest BCUT2D eigenvalue weighted by molar-refractivity contribution is -0.277. The maximum atomic E-state index is 12.9. The number of hydrogen-bond acceptors (Lipinski definition) is 16. The lowest BCUT2D eigenvalue weighted by Crippen LogP contribution is -2.60. The molecule has 6 rings (SSSR count). The first kappa shape index (κ1) is 43.1. The molecule has 2 aliphatic heterocycles. The number of fused-ring (bicyclic) bond motifs is 2. The Kier molecular flexibility index (Phi) is 12.4. The minimum atomic E-state index is -1.83. The first-order valence-corrected chi connectivity index (χ1v) is 18.9. The number of aldehydes is 2. The maximum absolute atomic E-state index is 12.9. The topological polar surface area (TPSA) is 273 Å². The number of hydrogen-bond donors (Lipinski definition) is 10. The molecule has 0 spiro atoms. The van der Waals surface area contributed by atoms with Crippen LogP contribution in [0.5, 0.6) is 23.0 Å². The van der Waals surface area contributed by atoms with E-state index in [4.69, 9.17) is 18.9 Å². The summed E-state index contributed by atoms with van der Waals surface area (Å²) in [6.45, 7) is 9.48. The van der Waals surface area contributed by atoms with E-state index in [0.29, 0.717) is 67.5 Å². The van der Waals surface area contributed by atoms with Crippen LogP contribution in [0.15, 0.2) is 24.3 Å². The van der Waals surface area contributed by atoms with Gasteiger partial charge in [-0.2, -0.15) is 0 Å². The van der Waals surface area contributed by atoms with Gasteiger partial charge in [-0.15, -0.1) is 0 Å². The van der Waals surface area contributed by atoms with Gasteiger partial charge in [0.05, 0.1) is 24.3 Å². The molecular formula is C42H50O16. The van der Waals surface area contributed by atoms with Crippen molar-refractivity contribution in [3.63, 3.8) is 0 Å². The minimum absolute atomic E-state index is 0.128. The molecule has 10 N–H and O–H groups in total. The number of ether oxygens (including phenoxy) is 4. The number of benzene rings is 4. The third-order valence-electron chi connectivity index (χ3n) is 11.2. The van der Waals surface area contributed by atoms with Crippen LogP contribution >= 0.6 is 0 Å². The van der Waals surface area contributed by atoms with E-state index in [1.54, 1.807) is 24.3 Å². The van der Waals surface area contributed by atoms with Gasteiger partial charge in [0.1, 0.15) is 48.8 Å². The Morgan fingerprint density at radius 3 is 1.40 bits per heavy atom. The fourth-order valence-electron chi connectivity index (χ4n) is 8.08. The predicted molar refractivity (Wildman–Crippen MR) is 207 cm³/mol. The second kappa shape index (κ2) is 16.7. The molecule has 0 radical (unpaired) electrons. The fraction of sp³-hybridized carbons (Fsp3) is 0.476. The van der Waals surface area contributed by atoms with E-state index >= 15 is 0 Å². The average Bonchev–Trinajstić information content (AvgIpc) is 3.18. The standard InChI is InChI=1S/C42H50O16/c1-15(2)29-23-7-17(5)20(10-22(23)26(12-44)39(34(29)50)57-41-37(53)35(51)32(48)27(13-45)55-41)19-9-21-24(8-18(19)6)30(16(3)4)40(31(47)25(21)11-43)58-42-38(54)36(52)33(49)28(14-46)56-42/h7-12,15-16,27-28,32-33,35-38,41-42,45-54H,13-14H2,1-6H3/t27-,28-,32-,33-,35+,36+,37-,38-,41+,42+/m1/s1. The highest BCUT2D eigenvalue weighted by molar-refractivity contribution is 6.09. The highest BCUT2D eigenvalue weighted by Crippen LogP contribution is 2.49. The van der Waals surface area contributed by atoms with Crippen LogP contribution in [0.25, 0.3) is 32.7 Å². The van der Waals surface area contributed by atoms with Gasteiger partial charge in [-0.1, -0.05) is 39.8 Å². The van der Waals surface area contributed by atoms with Gasteiger partial charge in [-0.05, 0) is 81.6 Å². The smallest absolute Gasteiger partial charge is 0.229 e. The lowest BCUT2D eigenvalue weighted by atomic mass is 9.84. The molecule has 2 saturated heterocycles. The van der Waals surface area contributed by atoms with Crippen LogP contribution in [0.2, 0.25) is 0 Å². The second-order valence-corrected chi connectivity index (χ2v) is 15.6. The Labute approximate surface area is 333 Å². The lowest BCUT2D eigenvalue weighted by Gasteiger charge is -2.40. The number of aromatic hydroxyl groups is 2. The summed E-state index contributed by atoms with van der Waals surface area (Å²) in [6.07, 6.45) is -15.5. The van der Waals surface area contributed by atoms with Crippen LogP contribution < -0.4 is 9.47 Å². The predicted octanol–water partition coefficient (Wildman–Crippen LogP) is 1.92. The highest BCUT2D eigenvalue weighted by Gasteiger charge is 2.47. The number of phenols is 2. The molecule has 2 heterocycles. The largest absolute Gasteiger partial charge is 0.504 e. The summed E-state index contributed by atoms with van der Waals surface area (Å²) in [7, 11) is 0. The Morgan fingerprint density at radius 2 is 0.983 bits per heavy atom. The molecule has 0 amide bonds. The van der Waals surface area contributed by atoms with Crippen molar-refractivity contribution in [3.05, 3.63) is 57.6 Å². The van der Waals surface area contributed by atoms with Crippen molar-refractivity contribution < 1.29 is 79.6 Å². The normalized spacial score (nSPS) is 27.7. The van der Waals surface area contributed by atoms with E-state index in [0.717, 1.165) is 0 Å². The summed E-state index contributed by atoms with van der Waals surface area (Å²) in [5, 5.41) is 107. The number of carbonyl (C=O) groups is 2. The molecule has 0 bridgehead atoms. The Balaban J connectivity index is 1.54. The summed E-state index contributed by atoms with van der Waals surface area (Å²) in [5.74, 6) is -2.25. The summed E-state index contributed by atoms with van der Waals surface area (Å²) in [5.41, 5.74) is 3.11. The summed E-state index contributed by atoms with van der Waals surface area (Å²) >= 11 is 0. The third-order valence-corrected chi connectivity index (χ3v) is 11.2. The number of aliphatic hydroxyl groups excluding tert-OH is 8. The molecule has 314 valence electrons. The summed E-state index contributed by atoms with van der Waals surface area (Å²) in [4.78, 5) is 25.7. The first-order chi connectivity index (χ1) is 27.4. The van der Waals surface area contributed by atoms with Gasteiger partial charge in [0.15, 0.2) is 35.6 Å². The van der Waals surface area contributed by atoms with E-state index < -0.39 is 86.1 Å². The number of aliphatic hydroxyl groups is 8. The van der Waals surface area contributed by atoms with Crippen molar-refractivity contribution in [1.29, 1.82) is 0 Å². The fourth-order valence-corrected chi connectivity index (χ4v) is 8.08. The number of carbonyl (C=O) groups excluding carboxylic acids is 2. The number of rotatable bonds is 11. The van der Waals surface area contributed by atoms with E-state index in [1.807, 2.05) is 41.5 Å². The van der Waals surface area contributed by atoms with Crippen molar-refractivity contribution >= 4 is 34.1 Å². The maximum Gasteiger partial charge on any atom is 0.229 e. The van der Waals surface area contributed by atoms with Gasteiger partial charge >= 0.3 is 0 Å². The molecule has 4 aromatic carbocycles. The molecule has 4 aromatic rings. The molecule has 16 nitrogen and oxygen atoms in total. The number of aryl methyl sites for hydroxylation is 2. The van der Waals surface area contributed by atoms with E-state index in [9.17, 15) is 60.7 Å². The van der Waals surface area contributed by atoms with Crippen molar-refractivity contribution in [1.82, 2.24) is 0 Å². The first-order valence-electron chi connectivity index (χ1n) is 18.9. The van der Waals surface area contributed by atoms with E-state index in [-0.39, 0.29) is 34.5 Å².